The van der Waals surface area contributed by atoms with E-state index >= 15 is 0 Å². The first kappa shape index (κ1) is 18.1. The molecule has 3 heterocycles. The monoisotopic (exact) mass is 423 g/mol. The van der Waals surface area contributed by atoms with Crippen molar-refractivity contribution in [3.8, 4) is 5.19 Å². The summed E-state index contributed by atoms with van der Waals surface area (Å²) in [5.74, 6) is -0.168. The first-order chi connectivity index (χ1) is 13.0. The summed E-state index contributed by atoms with van der Waals surface area (Å²) in [6, 6.07) is 8.51. The van der Waals surface area contributed by atoms with Gasteiger partial charge in [0.05, 0.1) is 19.5 Å². The Morgan fingerprint density at radius 2 is 2.04 bits per heavy atom. The number of nitrogens with zero attached hydrogens (tertiary/aromatic N) is 3. The number of hydrogen-bond donors (Lipinski definition) is 0. The van der Waals surface area contributed by atoms with Crippen LogP contribution >= 0.6 is 34.3 Å². The molecule has 0 spiro atoms. The predicted octanol–water partition coefficient (Wildman–Crippen LogP) is 4.60. The third kappa shape index (κ3) is 3.76. The van der Waals surface area contributed by atoms with E-state index in [2.05, 4.69) is 4.98 Å². The van der Waals surface area contributed by atoms with Gasteiger partial charge in [0.1, 0.15) is 11.6 Å². The molecule has 2 aromatic heterocycles. The molecule has 0 bridgehead atoms. The fourth-order valence-corrected chi connectivity index (χ4v) is 4.93. The van der Waals surface area contributed by atoms with Gasteiger partial charge in [0.2, 0.25) is 0 Å². The normalized spacial score (nSPS) is 15.2. The van der Waals surface area contributed by atoms with Crippen LogP contribution in [0.3, 0.4) is 0 Å². The van der Waals surface area contributed by atoms with Crippen molar-refractivity contribution in [1.29, 1.82) is 0 Å². The zero-order valence-corrected chi connectivity index (χ0v) is 16.4. The van der Waals surface area contributed by atoms with Crippen LogP contribution in [0.15, 0.2) is 30.3 Å². The Bertz CT molecular complexity index is 1010. The van der Waals surface area contributed by atoms with Crippen molar-refractivity contribution in [3.63, 3.8) is 0 Å². The second-order valence-electron chi connectivity index (χ2n) is 6.07. The number of likely N-dealkylation sites (tertiary alicyclic amines) is 1. The number of para-hydroxylation sites is 1. The quantitative estimate of drug-likeness (QED) is 0.452. The molecule has 0 atom stereocenters. The van der Waals surface area contributed by atoms with Gasteiger partial charge in [-0.15, -0.1) is 0 Å². The number of nitro groups is 1. The van der Waals surface area contributed by atoms with Gasteiger partial charge in [-0.25, -0.2) is 4.98 Å². The summed E-state index contributed by atoms with van der Waals surface area (Å²) < 4.78 is 6.97. The molecule has 1 aromatic carbocycles. The summed E-state index contributed by atoms with van der Waals surface area (Å²) in [4.78, 5) is 29.4. The summed E-state index contributed by atoms with van der Waals surface area (Å²) >= 11 is 8.51. The summed E-state index contributed by atoms with van der Waals surface area (Å²) in [7, 11) is 0. The number of aromatic nitrogens is 1. The average Bonchev–Trinajstić information content (AvgIpc) is 3.29. The second-order valence-corrected chi connectivity index (χ2v) is 8.53. The fourth-order valence-electron chi connectivity index (χ4n) is 2.96. The minimum Gasteiger partial charge on any atom is -0.467 e. The topological polar surface area (TPSA) is 85.6 Å². The number of piperidine rings is 1. The molecule has 0 aliphatic carbocycles. The van der Waals surface area contributed by atoms with Crippen LogP contribution in [-0.2, 0) is 0 Å². The average molecular weight is 424 g/mol. The minimum atomic E-state index is -0.480. The molecule has 0 N–H and O–H groups in total. The number of fused-ring (bicyclic) bond motifs is 1. The number of thiophene rings is 1. The van der Waals surface area contributed by atoms with Gasteiger partial charge in [0.25, 0.3) is 11.1 Å². The van der Waals surface area contributed by atoms with Crippen molar-refractivity contribution < 1.29 is 14.5 Å². The molecule has 1 aliphatic rings. The number of hydrogen-bond acceptors (Lipinski definition) is 7. The van der Waals surface area contributed by atoms with Crippen LogP contribution in [0.4, 0.5) is 5.00 Å². The molecule has 10 heteroatoms. The maximum absolute atomic E-state index is 12.5. The zero-order chi connectivity index (χ0) is 19.0. The fraction of sp³-hybridized carbons (Fsp3) is 0.294. The Labute approximate surface area is 167 Å². The predicted molar refractivity (Wildman–Crippen MR) is 105 cm³/mol. The highest BCUT2D eigenvalue weighted by molar-refractivity contribution is 7.20. The van der Waals surface area contributed by atoms with E-state index in [-0.39, 0.29) is 17.0 Å². The molecular weight excluding hydrogens is 410 g/mol. The van der Waals surface area contributed by atoms with Crippen molar-refractivity contribution in [1.82, 2.24) is 9.88 Å². The van der Waals surface area contributed by atoms with Crippen LogP contribution in [0, 0.1) is 10.1 Å². The minimum absolute atomic E-state index is 0.0222. The van der Waals surface area contributed by atoms with Crippen LogP contribution in [0.5, 0.6) is 5.19 Å². The zero-order valence-electron chi connectivity index (χ0n) is 14.0. The van der Waals surface area contributed by atoms with Crippen molar-refractivity contribution in [2.45, 2.75) is 18.9 Å². The van der Waals surface area contributed by atoms with E-state index in [1.54, 1.807) is 11.0 Å². The Morgan fingerprint density at radius 3 is 2.70 bits per heavy atom. The van der Waals surface area contributed by atoms with Gasteiger partial charge in [-0.3, -0.25) is 14.9 Å². The third-order valence-corrected chi connectivity index (χ3v) is 6.57. The van der Waals surface area contributed by atoms with E-state index in [0.717, 1.165) is 21.6 Å². The number of ether oxygens (including phenoxy) is 1. The van der Waals surface area contributed by atoms with E-state index in [9.17, 15) is 14.9 Å². The summed E-state index contributed by atoms with van der Waals surface area (Å²) in [6.45, 7) is 1.09. The standard InChI is InChI=1S/C17H14ClN3O4S2/c18-11-2-1-3-12-15(11)19-17(27-12)25-10-6-8-20(9-7-10)16(22)13-4-5-14(26-13)21(23)24/h1-5,10H,6-9H2. The summed E-state index contributed by atoms with van der Waals surface area (Å²) in [6.07, 6.45) is 1.34. The molecule has 27 heavy (non-hydrogen) atoms. The summed E-state index contributed by atoms with van der Waals surface area (Å²) in [5, 5.41) is 11.9. The van der Waals surface area contributed by atoms with Crippen molar-refractivity contribution in [2.24, 2.45) is 0 Å². The van der Waals surface area contributed by atoms with Gasteiger partial charge in [0, 0.05) is 32.0 Å². The maximum Gasteiger partial charge on any atom is 0.324 e. The number of rotatable bonds is 4. The highest BCUT2D eigenvalue weighted by Crippen LogP contribution is 2.33. The van der Waals surface area contributed by atoms with Gasteiger partial charge in [-0.2, -0.15) is 0 Å². The number of benzene rings is 1. The molecule has 3 aromatic rings. The lowest BCUT2D eigenvalue weighted by Crippen LogP contribution is -2.41. The van der Waals surface area contributed by atoms with Gasteiger partial charge in [-0.05, 0) is 18.2 Å². The first-order valence-electron chi connectivity index (χ1n) is 8.26. The highest BCUT2D eigenvalue weighted by Gasteiger charge is 2.27. The third-order valence-electron chi connectivity index (χ3n) is 4.33. The molecule has 1 saturated heterocycles. The van der Waals surface area contributed by atoms with Crippen LogP contribution in [0.25, 0.3) is 10.2 Å². The Hall–Kier alpha value is -2.23. The van der Waals surface area contributed by atoms with Gasteiger partial charge in [-0.1, -0.05) is 40.3 Å². The number of thiazole rings is 1. The molecule has 1 fully saturated rings. The SMILES string of the molecule is O=C(c1ccc([N+](=O)[O-])s1)N1CCC(Oc2nc3c(Cl)cccc3s2)CC1. The molecule has 7 nitrogen and oxygen atoms in total. The number of halogens is 1. The highest BCUT2D eigenvalue weighted by atomic mass is 35.5. The Morgan fingerprint density at radius 1 is 1.26 bits per heavy atom. The first-order valence-corrected chi connectivity index (χ1v) is 10.3. The van der Waals surface area contributed by atoms with E-state index in [1.807, 2.05) is 12.1 Å². The lowest BCUT2D eigenvalue weighted by atomic mass is 10.1. The maximum atomic E-state index is 12.5. The smallest absolute Gasteiger partial charge is 0.324 e. The molecule has 0 saturated carbocycles. The van der Waals surface area contributed by atoms with Crippen molar-refractivity contribution in [2.75, 3.05) is 13.1 Å². The number of carbonyl (C=O) groups excluding carboxylic acids is 1. The van der Waals surface area contributed by atoms with Gasteiger partial charge in [0.15, 0.2) is 0 Å². The van der Waals surface area contributed by atoms with Gasteiger partial charge >= 0.3 is 5.00 Å². The van der Waals surface area contributed by atoms with Gasteiger partial charge < -0.3 is 9.64 Å². The number of amides is 1. The van der Waals surface area contributed by atoms with Crippen molar-refractivity contribution in [3.05, 3.63) is 50.3 Å². The lowest BCUT2D eigenvalue weighted by Gasteiger charge is -2.31. The molecule has 1 aliphatic heterocycles. The molecule has 0 unspecified atom stereocenters. The van der Waals surface area contributed by atoms with Crippen LogP contribution in [-0.4, -0.2) is 39.9 Å². The molecule has 140 valence electrons. The van der Waals surface area contributed by atoms with Crippen molar-refractivity contribution >= 4 is 55.4 Å². The Balaban J connectivity index is 1.37. The van der Waals surface area contributed by atoms with E-state index in [0.29, 0.717) is 41.0 Å². The lowest BCUT2D eigenvalue weighted by molar-refractivity contribution is -0.380. The largest absolute Gasteiger partial charge is 0.467 e. The number of carbonyl (C=O) groups is 1. The molecular formula is C17H14ClN3O4S2. The van der Waals surface area contributed by atoms with E-state index < -0.39 is 4.92 Å². The Kier molecular flexibility index (Phi) is 4.98. The van der Waals surface area contributed by atoms with Crippen LogP contribution < -0.4 is 4.74 Å². The van der Waals surface area contributed by atoms with E-state index in [1.165, 1.54) is 23.5 Å². The van der Waals surface area contributed by atoms with Crippen LogP contribution in [0.1, 0.15) is 22.5 Å². The van der Waals surface area contributed by atoms with Crippen LogP contribution in [0.2, 0.25) is 5.02 Å². The van der Waals surface area contributed by atoms with E-state index in [4.69, 9.17) is 16.3 Å². The molecule has 0 radical (unpaired) electrons. The molecule has 4 rings (SSSR count). The second kappa shape index (κ2) is 7.41. The molecule has 1 amide bonds. The summed E-state index contributed by atoms with van der Waals surface area (Å²) in [5.41, 5.74) is 0.742.